The van der Waals surface area contributed by atoms with E-state index in [0.717, 1.165) is 21.1 Å². The molecule has 0 aliphatic heterocycles. The zero-order valence-corrected chi connectivity index (χ0v) is 11.6. The maximum absolute atomic E-state index is 5.31. The van der Waals surface area contributed by atoms with Gasteiger partial charge in [-0.2, -0.15) is 4.98 Å². The summed E-state index contributed by atoms with van der Waals surface area (Å²) in [5, 5.41) is 7.74. The quantitative estimate of drug-likeness (QED) is 0.569. The van der Waals surface area contributed by atoms with Crippen molar-refractivity contribution in [3.8, 4) is 32.8 Å². The summed E-state index contributed by atoms with van der Waals surface area (Å²) in [6.07, 6.45) is 1.62. The monoisotopic (exact) mass is 295 g/mol. The Labute approximate surface area is 123 Å². The van der Waals surface area contributed by atoms with Gasteiger partial charge in [0.2, 0.25) is 5.82 Å². The number of thiophene rings is 1. The Bertz CT molecular complexity index is 850. The van der Waals surface area contributed by atoms with E-state index in [-0.39, 0.29) is 0 Å². The molecule has 4 rings (SSSR count). The van der Waals surface area contributed by atoms with Crippen LogP contribution in [0.1, 0.15) is 0 Å². The highest BCUT2D eigenvalue weighted by atomic mass is 32.1. The maximum Gasteiger partial charge on any atom is 0.258 e. The number of nitrogens with zero attached hydrogens (tertiary/aromatic N) is 3. The van der Waals surface area contributed by atoms with Crippen molar-refractivity contribution in [2.75, 3.05) is 0 Å². The summed E-state index contributed by atoms with van der Waals surface area (Å²) in [4.78, 5) is 6.34. The van der Waals surface area contributed by atoms with Crippen LogP contribution >= 0.6 is 11.3 Å². The standard InChI is InChI=1S/C15H9N3O2S/c1-2-4-10(5-3-1)15-17-14(18-20-15)13-7-6-12(21-13)11-8-9-16-19-11/h1-9H. The van der Waals surface area contributed by atoms with Gasteiger partial charge in [0.25, 0.3) is 5.89 Å². The van der Waals surface area contributed by atoms with E-state index >= 15 is 0 Å². The molecule has 6 heteroatoms. The molecule has 0 saturated heterocycles. The van der Waals surface area contributed by atoms with Crippen molar-refractivity contribution < 1.29 is 9.05 Å². The van der Waals surface area contributed by atoms with E-state index in [2.05, 4.69) is 15.3 Å². The fourth-order valence-corrected chi connectivity index (χ4v) is 2.84. The van der Waals surface area contributed by atoms with Crippen LogP contribution in [-0.4, -0.2) is 15.3 Å². The SMILES string of the molecule is c1ccc(-c2nc(-c3ccc(-c4ccno4)s3)no2)cc1. The minimum absolute atomic E-state index is 0.514. The zero-order chi connectivity index (χ0) is 14.1. The van der Waals surface area contributed by atoms with Gasteiger partial charge in [-0.25, -0.2) is 0 Å². The Balaban J connectivity index is 1.67. The van der Waals surface area contributed by atoms with Crippen LogP contribution in [0, 0.1) is 0 Å². The molecule has 0 radical (unpaired) electrons. The molecular formula is C15H9N3O2S. The molecule has 1 aromatic carbocycles. The van der Waals surface area contributed by atoms with E-state index in [9.17, 15) is 0 Å². The van der Waals surface area contributed by atoms with E-state index < -0.39 is 0 Å². The van der Waals surface area contributed by atoms with Gasteiger partial charge in [0.15, 0.2) is 5.76 Å². The van der Waals surface area contributed by atoms with Gasteiger partial charge in [-0.05, 0) is 24.3 Å². The molecular weight excluding hydrogens is 286 g/mol. The second kappa shape index (κ2) is 4.99. The molecule has 0 fully saturated rings. The zero-order valence-electron chi connectivity index (χ0n) is 10.8. The summed E-state index contributed by atoms with van der Waals surface area (Å²) in [6, 6.07) is 15.4. The van der Waals surface area contributed by atoms with Crippen molar-refractivity contribution >= 4 is 11.3 Å². The maximum atomic E-state index is 5.31. The van der Waals surface area contributed by atoms with Crippen molar-refractivity contribution in [3.05, 3.63) is 54.7 Å². The predicted octanol–water partition coefficient (Wildman–Crippen LogP) is 4.12. The van der Waals surface area contributed by atoms with Crippen molar-refractivity contribution in [2.24, 2.45) is 0 Å². The van der Waals surface area contributed by atoms with Gasteiger partial charge in [-0.15, -0.1) is 11.3 Å². The molecule has 0 amide bonds. The molecule has 21 heavy (non-hydrogen) atoms. The van der Waals surface area contributed by atoms with E-state index in [4.69, 9.17) is 9.05 Å². The molecule has 0 aliphatic rings. The number of hydrogen-bond donors (Lipinski definition) is 0. The average molecular weight is 295 g/mol. The Morgan fingerprint density at radius 3 is 2.52 bits per heavy atom. The number of benzene rings is 1. The normalized spacial score (nSPS) is 10.9. The molecule has 0 spiro atoms. The van der Waals surface area contributed by atoms with Crippen LogP contribution in [0.4, 0.5) is 0 Å². The highest BCUT2D eigenvalue weighted by molar-refractivity contribution is 7.18. The summed E-state index contributed by atoms with van der Waals surface area (Å²) in [7, 11) is 0. The Morgan fingerprint density at radius 2 is 1.71 bits per heavy atom. The van der Waals surface area contributed by atoms with Crippen LogP contribution < -0.4 is 0 Å². The lowest BCUT2D eigenvalue weighted by Crippen LogP contribution is -1.77. The summed E-state index contributed by atoms with van der Waals surface area (Å²) in [5.41, 5.74) is 0.906. The molecule has 5 nitrogen and oxygen atoms in total. The molecule has 0 bridgehead atoms. The Kier molecular flexibility index (Phi) is 2.86. The van der Waals surface area contributed by atoms with E-state index in [0.29, 0.717) is 11.7 Å². The summed E-state index contributed by atoms with van der Waals surface area (Å²) in [5.74, 6) is 1.82. The van der Waals surface area contributed by atoms with Gasteiger partial charge >= 0.3 is 0 Å². The first kappa shape index (κ1) is 12.0. The minimum atomic E-state index is 0.514. The fourth-order valence-electron chi connectivity index (χ4n) is 1.95. The molecule has 0 unspecified atom stereocenters. The first-order valence-corrected chi connectivity index (χ1v) is 7.12. The van der Waals surface area contributed by atoms with Crippen LogP contribution in [0.2, 0.25) is 0 Å². The second-order valence-corrected chi connectivity index (χ2v) is 5.41. The Morgan fingerprint density at radius 1 is 0.857 bits per heavy atom. The smallest absolute Gasteiger partial charge is 0.258 e. The van der Waals surface area contributed by atoms with E-state index in [1.165, 1.54) is 11.3 Å². The van der Waals surface area contributed by atoms with Crippen molar-refractivity contribution in [3.63, 3.8) is 0 Å². The van der Waals surface area contributed by atoms with Crippen LogP contribution in [0.15, 0.2) is 63.8 Å². The van der Waals surface area contributed by atoms with Crippen LogP contribution in [0.3, 0.4) is 0 Å². The third-order valence-corrected chi connectivity index (χ3v) is 4.05. The predicted molar refractivity (Wildman–Crippen MR) is 78.5 cm³/mol. The van der Waals surface area contributed by atoms with E-state index in [1.54, 1.807) is 6.20 Å². The van der Waals surface area contributed by atoms with Crippen LogP contribution in [0.5, 0.6) is 0 Å². The Hall–Kier alpha value is -2.73. The highest BCUT2D eigenvalue weighted by Crippen LogP contribution is 2.33. The molecule has 0 atom stereocenters. The van der Waals surface area contributed by atoms with Gasteiger partial charge in [-0.3, -0.25) is 0 Å². The number of aromatic nitrogens is 3. The summed E-state index contributed by atoms with van der Waals surface area (Å²) < 4.78 is 10.5. The molecule has 0 aliphatic carbocycles. The minimum Gasteiger partial charge on any atom is -0.355 e. The van der Waals surface area contributed by atoms with Gasteiger partial charge < -0.3 is 9.05 Å². The summed E-state index contributed by atoms with van der Waals surface area (Å²) in [6.45, 7) is 0. The van der Waals surface area contributed by atoms with Gasteiger partial charge in [0, 0.05) is 11.6 Å². The third-order valence-electron chi connectivity index (χ3n) is 2.95. The van der Waals surface area contributed by atoms with Crippen LogP contribution in [0.25, 0.3) is 32.8 Å². The van der Waals surface area contributed by atoms with E-state index in [1.807, 2.05) is 48.5 Å². The fraction of sp³-hybridized carbons (Fsp3) is 0. The average Bonchev–Trinajstić information content (AvgIpc) is 3.27. The van der Waals surface area contributed by atoms with Gasteiger partial charge in [-0.1, -0.05) is 28.5 Å². The van der Waals surface area contributed by atoms with Crippen molar-refractivity contribution in [2.45, 2.75) is 0 Å². The van der Waals surface area contributed by atoms with Crippen LogP contribution in [-0.2, 0) is 0 Å². The molecule has 3 heterocycles. The first-order chi connectivity index (χ1) is 10.4. The molecule has 102 valence electrons. The lowest BCUT2D eigenvalue weighted by atomic mass is 10.2. The third kappa shape index (κ3) is 2.25. The van der Waals surface area contributed by atoms with Crippen molar-refractivity contribution in [1.29, 1.82) is 0 Å². The first-order valence-electron chi connectivity index (χ1n) is 6.30. The number of hydrogen-bond acceptors (Lipinski definition) is 6. The van der Waals surface area contributed by atoms with Crippen molar-refractivity contribution in [1.82, 2.24) is 15.3 Å². The molecule has 3 aromatic heterocycles. The molecule has 4 aromatic rings. The second-order valence-electron chi connectivity index (χ2n) is 4.33. The lowest BCUT2D eigenvalue weighted by Gasteiger charge is -1.90. The van der Waals surface area contributed by atoms with Gasteiger partial charge in [0.05, 0.1) is 16.0 Å². The molecule has 0 N–H and O–H groups in total. The van der Waals surface area contributed by atoms with Gasteiger partial charge in [0.1, 0.15) is 0 Å². The highest BCUT2D eigenvalue weighted by Gasteiger charge is 2.14. The largest absolute Gasteiger partial charge is 0.355 e. The number of rotatable bonds is 3. The summed E-state index contributed by atoms with van der Waals surface area (Å²) >= 11 is 1.53. The lowest BCUT2D eigenvalue weighted by molar-refractivity contribution is 0.432. The topological polar surface area (TPSA) is 65.0 Å². The molecule has 0 saturated carbocycles.